The van der Waals surface area contributed by atoms with E-state index in [1.807, 2.05) is 0 Å². The minimum atomic E-state index is -1.11. The van der Waals surface area contributed by atoms with E-state index >= 15 is 0 Å². The first-order valence-corrected chi connectivity index (χ1v) is 9.53. The zero-order valence-corrected chi connectivity index (χ0v) is 15.7. The third kappa shape index (κ3) is 2.80. The fourth-order valence-electron chi connectivity index (χ4n) is 3.44. The average molecular weight is 390 g/mol. The molecule has 3 amide bonds. The predicted octanol–water partition coefficient (Wildman–Crippen LogP) is 0.810. The summed E-state index contributed by atoms with van der Waals surface area (Å²) in [7, 11) is 0. The summed E-state index contributed by atoms with van der Waals surface area (Å²) in [5.74, 6) is -0.535. The van der Waals surface area contributed by atoms with Crippen molar-refractivity contribution < 1.29 is 19.1 Å². The highest BCUT2D eigenvalue weighted by Crippen LogP contribution is 2.29. The summed E-state index contributed by atoms with van der Waals surface area (Å²) < 4.78 is 6.92. The molecule has 27 heavy (non-hydrogen) atoms. The number of amides is 3. The van der Waals surface area contributed by atoms with E-state index < -0.39 is 24.0 Å². The van der Waals surface area contributed by atoms with Gasteiger partial charge >= 0.3 is 12.0 Å². The number of hydrogen-bond acceptors (Lipinski definition) is 7. The van der Waals surface area contributed by atoms with Crippen LogP contribution >= 0.6 is 11.3 Å². The Balaban J connectivity index is 1.61. The van der Waals surface area contributed by atoms with Gasteiger partial charge in [0.05, 0.1) is 5.39 Å². The van der Waals surface area contributed by atoms with Crippen molar-refractivity contribution in [1.82, 2.24) is 19.8 Å². The van der Waals surface area contributed by atoms with Gasteiger partial charge < -0.3 is 10.1 Å². The number of aromatic nitrogens is 2. The molecule has 2 aromatic heterocycles. The number of carbonyl (C=O) groups excluding carboxylic acids is 3. The summed E-state index contributed by atoms with van der Waals surface area (Å²) in [5, 5.41) is 2.95. The van der Waals surface area contributed by atoms with Gasteiger partial charge in [0, 0.05) is 26.1 Å². The van der Waals surface area contributed by atoms with Gasteiger partial charge in [-0.05, 0) is 25.8 Å². The summed E-state index contributed by atoms with van der Waals surface area (Å²) in [5.41, 5.74) is 0.372. The van der Waals surface area contributed by atoms with E-state index in [1.54, 1.807) is 11.5 Å². The van der Waals surface area contributed by atoms with Crippen molar-refractivity contribution in [2.75, 3.05) is 13.1 Å². The number of fused-ring (bicyclic) bond motifs is 2. The van der Waals surface area contributed by atoms with Crippen LogP contribution in [0.4, 0.5) is 4.79 Å². The molecule has 9 nitrogen and oxygen atoms in total. The predicted molar refractivity (Wildman–Crippen MR) is 96.9 cm³/mol. The molecular weight excluding hydrogens is 372 g/mol. The van der Waals surface area contributed by atoms with Gasteiger partial charge in [0.2, 0.25) is 0 Å². The smallest absolute Gasteiger partial charge is 0.349 e. The van der Waals surface area contributed by atoms with E-state index in [4.69, 9.17) is 4.74 Å². The van der Waals surface area contributed by atoms with Crippen LogP contribution in [0.15, 0.2) is 4.79 Å². The highest BCUT2D eigenvalue weighted by Gasteiger charge is 2.33. The molecule has 0 radical (unpaired) electrons. The zero-order valence-electron chi connectivity index (χ0n) is 14.9. The van der Waals surface area contributed by atoms with Crippen LogP contribution in [0.5, 0.6) is 0 Å². The number of carbonyl (C=O) groups is 3. The number of nitrogens with one attached hydrogen (secondary N) is 1. The first kappa shape index (κ1) is 17.7. The van der Waals surface area contributed by atoms with Crippen molar-refractivity contribution in [1.29, 1.82) is 0 Å². The fourth-order valence-corrected chi connectivity index (χ4v) is 4.51. The molecule has 142 valence electrons. The van der Waals surface area contributed by atoms with Gasteiger partial charge in [0.25, 0.3) is 11.5 Å². The Kier molecular flexibility index (Phi) is 4.22. The molecule has 1 N–H and O–H groups in total. The molecule has 0 bridgehead atoms. The van der Waals surface area contributed by atoms with Crippen LogP contribution in [-0.2, 0) is 22.5 Å². The molecule has 0 saturated carbocycles. The van der Waals surface area contributed by atoms with Crippen LogP contribution in [0, 0.1) is 6.92 Å². The standard InChI is InChI=1S/C17H18N4O5S/c1-8-11-13(19-10-4-3-6-20(10)15(11)23)27-12(8)16(24)26-9(2)14(22)21-7-5-18-17(21)25/h9H,3-7H2,1-2H3,(H,18,25)/t9-/m1/s1. The van der Waals surface area contributed by atoms with Gasteiger partial charge in [-0.3, -0.25) is 19.1 Å². The molecule has 10 heteroatoms. The molecule has 0 aliphatic carbocycles. The number of ether oxygens (including phenoxy) is 1. The second-order valence-electron chi connectivity index (χ2n) is 6.59. The summed E-state index contributed by atoms with van der Waals surface area (Å²) in [6.07, 6.45) is 0.521. The monoisotopic (exact) mass is 390 g/mol. The van der Waals surface area contributed by atoms with E-state index in [0.29, 0.717) is 28.9 Å². The maximum atomic E-state index is 12.7. The van der Waals surface area contributed by atoms with Crippen molar-refractivity contribution in [2.45, 2.75) is 39.3 Å². The van der Waals surface area contributed by atoms with Gasteiger partial charge in [-0.25, -0.2) is 14.6 Å². The summed E-state index contributed by atoms with van der Waals surface area (Å²) in [6, 6.07) is -0.493. The van der Waals surface area contributed by atoms with Crippen molar-refractivity contribution in [3.05, 3.63) is 26.6 Å². The molecule has 0 unspecified atom stereocenters. The number of esters is 1. The van der Waals surface area contributed by atoms with Gasteiger partial charge in [-0.2, -0.15) is 0 Å². The van der Waals surface area contributed by atoms with Gasteiger partial charge in [-0.1, -0.05) is 0 Å². The van der Waals surface area contributed by atoms with Crippen LogP contribution in [0.3, 0.4) is 0 Å². The lowest BCUT2D eigenvalue weighted by Gasteiger charge is -2.17. The molecule has 4 rings (SSSR count). The molecule has 1 saturated heterocycles. The number of nitrogens with zero attached hydrogens (tertiary/aromatic N) is 3. The van der Waals surface area contributed by atoms with E-state index in [2.05, 4.69) is 10.3 Å². The second kappa shape index (κ2) is 6.45. The molecule has 0 spiro atoms. The average Bonchev–Trinajstić information content (AvgIpc) is 3.33. The SMILES string of the molecule is Cc1c(C(=O)O[C@H](C)C(=O)N2CCNC2=O)sc2nc3n(c(=O)c12)CCC3. The van der Waals surface area contributed by atoms with Crippen molar-refractivity contribution in [2.24, 2.45) is 0 Å². The Morgan fingerprint density at radius 3 is 2.78 bits per heavy atom. The fraction of sp³-hybridized carbons (Fsp3) is 0.471. The number of urea groups is 1. The summed E-state index contributed by atoms with van der Waals surface area (Å²) in [4.78, 5) is 55.5. The van der Waals surface area contributed by atoms with Crippen LogP contribution < -0.4 is 10.9 Å². The van der Waals surface area contributed by atoms with E-state index in [1.165, 1.54) is 6.92 Å². The van der Waals surface area contributed by atoms with Gasteiger partial charge in [0.15, 0.2) is 6.10 Å². The quantitative estimate of drug-likeness (QED) is 0.777. The lowest BCUT2D eigenvalue weighted by Crippen LogP contribution is -2.41. The van der Waals surface area contributed by atoms with Crippen LogP contribution in [-0.4, -0.2) is 51.6 Å². The normalized spacial score (nSPS) is 17.1. The number of rotatable bonds is 3. The lowest BCUT2D eigenvalue weighted by molar-refractivity contribution is -0.136. The Morgan fingerprint density at radius 2 is 2.07 bits per heavy atom. The number of thiophene rings is 1. The van der Waals surface area contributed by atoms with Crippen LogP contribution in [0.1, 0.15) is 34.4 Å². The molecule has 2 aliphatic heterocycles. The third-order valence-corrected chi connectivity index (χ3v) is 6.02. The number of aryl methyl sites for hydroxylation is 2. The van der Waals surface area contributed by atoms with E-state index in [9.17, 15) is 19.2 Å². The highest BCUT2D eigenvalue weighted by atomic mass is 32.1. The molecular formula is C17H18N4O5S. The van der Waals surface area contributed by atoms with Crippen molar-refractivity contribution in [3.63, 3.8) is 0 Å². The Bertz CT molecular complexity index is 1040. The zero-order chi connectivity index (χ0) is 19.3. The first-order chi connectivity index (χ1) is 12.9. The summed E-state index contributed by atoms with van der Waals surface area (Å²) in [6.45, 7) is 4.36. The second-order valence-corrected chi connectivity index (χ2v) is 7.59. The lowest BCUT2D eigenvalue weighted by atomic mass is 10.2. The minimum absolute atomic E-state index is 0.141. The molecule has 1 fully saturated rings. The highest BCUT2D eigenvalue weighted by molar-refractivity contribution is 7.20. The van der Waals surface area contributed by atoms with Gasteiger partial charge in [-0.15, -0.1) is 11.3 Å². The van der Waals surface area contributed by atoms with E-state index in [0.717, 1.165) is 34.9 Å². The van der Waals surface area contributed by atoms with Crippen LogP contribution in [0.25, 0.3) is 10.2 Å². The minimum Gasteiger partial charge on any atom is -0.448 e. The largest absolute Gasteiger partial charge is 0.448 e. The first-order valence-electron chi connectivity index (χ1n) is 8.71. The van der Waals surface area contributed by atoms with Crippen molar-refractivity contribution in [3.8, 4) is 0 Å². The summed E-state index contributed by atoms with van der Waals surface area (Å²) >= 11 is 1.10. The van der Waals surface area contributed by atoms with E-state index in [-0.39, 0.29) is 17.0 Å². The third-order valence-electron chi connectivity index (χ3n) is 4.85. The van der Waals surface area contributed by atoms with Crippen LogP contribution in [0.2, 0.25) is 0 Å². The van der Waals surface area contributed by atoms with Gasteiger partial charge in [0.1, 0.15) is 15.5 Å². The Labute approximate surface area is 157 Å². The molecule has 4 heterocycles. The maximum Gasteiger partial charge on any atom is 0.349 e. The molecule has 2 aliphatic rings. The molecule has 2 aromatic rings. The Morgan fingerprint density at radius 1 is 1.30 bits per heavy atom. The molecule has 1 atom stereocenters. The molecule has 0 aromatic carbocycles. The Hall–Kier alpha value is -2.75. The number of hydrogen-bond donors (Lipinski definition) is 1. The maximum absolute atomic E-state index is 12.7. The van der Waals surface area contributed by atoms with Crippen molar-refractivity contribution >= 4 is 39.5 Å². The number of imide groups is 1. The topological polar surface area (TPSA) is 111 Å².